The highest BCUT2D eigenvalue weighted by Crippen LogP contribution is 2.14. The van der Waals surface area contributed by atoms with Crippen molar-refractivity contribution in [3.8, 4) is 0 Å². The van der Waals surface area contributed by atoms with Gasteiger partial charge < -0.3 is 9.47 Å². The van der Waals surface area contributed by atoms with Crippen LogP contribution in [0.4, 0.5) is 8.78 Å². The number of hydrogen-bond donors (Lipinski definition) is 0. The lowest BCUT2D eigenvalue weighted by molar-refractivity contribution is -0.175. The Kier molecular flexibility index (Phi) is 5.78. The van der Waals surface area contributed by atoms with Gasteiger partial charge in [-0.2, -0.15) is 8.78 Å². The van der Waals surface area contributed by atoms with E-state index in [0.717, 1.165) is 0 Å². The summed E-state index contributed by atoms with van der Waals surface area (Å²) in [5.74, 6) is -5.82. The van der Waals surface area contributed by atoms with E-state index in [4.69, 9.17) is 4.74 Å². The minimum absolute atomic E-state index is 0.190. The van der Waals surface area contributed by atoms with Crippen LogP contribution in [0, 0.1) is 0 Å². The lowest BCUT2D eigenvalue weighted by Crippen LogP contribution is -2.31. The molecule has 0 aromatic rings. The first-order valence-electron chi connectivity index (χ1n) is 5.10. The van der Waals surface area contributed by atoms with Crippen LogP contribution >= 0.6 is 0 Å². The zero-order valence-corrected chi connectivity index (χ0v) is 10.1. The van der Waals surface area contributed by atoms with Gasteiger partial charge in [0.1, 0.15) is 12.7 Å². The second-order valence-corrected chi connectivity index (χ2v) is 3.70. The molecule has 0 N–H and O–H groups in total. The Morgan fingerprint density at radius 3 is 2.29 bits per heavy atom. The van der Waals surface area contributed by atoms with Crippen LogP contribution in [0.15, 0.2) is 12.2 Å². The van der Waals surface area contributed by atoms with E-state index in [-0.39, 0.29) is 5.57 Å². The number of ether oxygens (including phenoxy) is 2. The summed E-state index contributed by atoms with van der Waals surface area (Å²) in [5.41, 5.74) is 0.190. The Labute approximate surface area is 98.6 Å². The Bertz CT molecular complexity index is 307. The van der Waals surface area contributed by atoms with Crippen molar-refractivity contribution < 1.29 is 27.8 Å². The van der Waals surface area contributed by atoms with Crippen molar-refractivity contribution in [1.29, 1.82) is 0 Å². The fourth-order valence-corrected chi connectivity index (χ4v) is 0.783. The van der Waals surface area contributed by atoms with E-state index in [2.05, 4.69) is 11.3 Å². The Morgan fingerprint density at radius 1 is 1.41 bits per heavy atom. The third kappa shape index (κ3) is 5.99. The molecule has 0 aromatic heterocycles. The van der Waals surface area contributed by atoms with Crippen molar-refractivity contribution in [3.05, 3.63) is 12.2 Å². The minimum Gasteiger partial charge on any atom is -0.457 e. The number of halogens is 2. The molecule has 0 heterocycles. The van der Waals surface area contributed by atoms with Gasteiger partial charge >= 0.3 is 17.9 Å². The molecule has 0 bridgehead atoms. The molecule has 1 unspecified atom stereocenters. The highest BCUT2D eigenvalue weighted by Gasteiger charge is 2.34. The van der Waals surface area contributed by atoms with Gasteiger partial charge in [-0.1, -0.05) is 13.5 Å². The first kappa shape index (κ1) is 15.5. The molecule has 0 aromatic carbocycles. The Balaban J connectivity index is 4.20. The van der Waals surface area contributed by atoms with Crippen molar-refractivity contribution in [2.45, 2.75) is 39.2 Å². The lowest BCUT2D eigenvalue weighted by Gasteiger charge is -2.17. The second kappa shape index (κ2) is 6.32. The highest BCUT2D eigenvalue weighted by molar-refractivity contribution is 5.87. The molecule has 0 aliphatic heterocycles. The van der Waals surface area contributed by atoms with Crippen LogP contribution in [-0.2, 0) is 19.1 Å². The third-order valence-corrected chi connectivity index (χ3v) is 1.84. The van der Waals surface area contributed by atoms with Gasteiger partial charge in [0.05, 0.1) is 0 Å². The van der Waals surface area contributed by atoms with Crippen molar-refractivity contribution in [2.75, 3.05) is 6.61 Å². The average molecular weight is 250 g/mol. The summed E-state index contributed by atoms with van der Waals surface area (Å²) >= 11 is 0. The van der Waals surface area contributed by atoms with E-state index in [1.165, 1.54) is 6.92 Å². The van der Waals surface area contributed by atoms with Gasteiger partial charge in [-0.25, -0.2) is 9.59 Å². The highest BCUT2D eigenvalue weighted by atomic mass is 19.3. The summed E-state index contributed by atoms with van der Waals surface area (Å²) in [6, 6.07) is 0. The number of rotatable bonds is 6. The lowest BCUT2D eigenvalue weighted by atomic mass is 10.3. The minimum atomic E-state index is -3.54. The number of esters is 2. The van der Waals surface area contributed by atoms with Crippen molar-refractivity contribution in [2.24, 2.45) is 0 Å². The van der Waals surface area contributed by atoms with Crippen LogP contribution in [0.5, 0.6) is 0 Å². The number of carbonyl (C=O) groups excluding carboxylic acids is 2. The number of hydrogen-bond acceptors (Lipinski definition) is 4. The molecule has 0 saturated heterocycles. The predicted molar refractivity (Wildman–Crippen MR) is 56.6 cm³/mol. The van der Waals surface area contributed by atoms with Gasteiger partial charge in [0.25, 0.3) is 0 Å². The quantitative estimate of drug-likeness (QED) is 0.535. The fraction of sp³-hybridized carbons (Fsp3) is 0.636. The van der Waals surface area contributed by atoms with Crippen LogP contribution in [-0.4, -0.2) is 30.6 Å². The maximum Gasteiger partial charge on any atom is 0.376 e. The van der Waals surface area contributed by atoms with Gasteiger partial charge in [0.15, 0.2) is 0 Å². The monoisotopic (exact) mass is 250 g/mol. The summed E-state index contributed by atoms with van der Waals surface area (Å²) in [5, 5.41) is 0. The molecule has 1 atom stereocenters. The molecule has 4 nitrogen and oxygen atoms in total. The summed E-state index contributed by atoms with van der Waals surface area (Å²) in [6.07, 6.45) is -0.396. The Morgan fingerprint density at radius 2 is 1.94 bits per heavy atom. The maximum atomic E-state index is 12.5. The molecule has 0 aliphatic carbocycles. The van der Waals surface area contributed by atoms with E-state index < -0.39 is 30.6 Å². The molecule has 98 valence electrons. The zero-order valence-electron chi connectivity index (χ0n) is 10.1. The first-order valence-corrected chi connectivity index (χ1v) is 5.10. The van der Waals surface area contributed by atoms with E-state index >= 15 is 0 Å². The Hall–Kier alpha value is -1.46. The summed E-state index contributed by atoms with van der Waals surface area (Å²) in [4.78, 5) is 21.9. The normalized spacial score (nSPS) is 12.8. The van der Waals surface area contributed by atoms with Crippen molar-refractivity contribution in [1.82, 2.24) is 0 Å². The van der Waals surface area contributed by atoms with Crippen molar-refractivity contribution >= 4 is 11.9 Å². The standard InChI is InChI=1S/C11H16F2O4/c1-5-8(17-9(14)7(2)3)6-16-10(15)11(4,12)13/h8H,2,5-6H2,1,3-4H3. The summed E-state index contributed by atoms with van der Waals surface area (Å²) in [6.45, 7) is 6.56. The molecule has 0 fully saturated rings. The average Bonchev–Trinajstić information content (AvgIpc) is 2.21. The fourth-order valence-electron chi connectivity index (χ4n) is 0.783. The van der Waals surface area contributed by atoms with Gasteiger partial charge in [0, 0.05) is 12.5 Å². The van der Waals surface area contributed by atoms with E-state index in [0.29, 0.717) is 13.3 Å². The molecule has 0 saturated carbocycles. The van der Waals surface area contributed by atoms with Gasteiger partial charge in [0.2, 0.25) is 0 Å². The van der Waals surface area contributed by atoms with Crippen LogP contribution in [0.1, 0.15) is 27.2 Å². The van der Waals surface area contributed by atoms with Crippen LogP contribution in [0.3, 0.4) is 0 Å². The molecule has 0 amide bonds. The van der Waals surface area contributed by atoms with Gasteiger partial charge in [-0.05, 0) is 13.3 Å². The third-order valence-electron chi connectivity index (χ3n) is 1.84. The smallest absolute Gasteiger partial charge is 0.376 e. The van der Waals surface area contributed by atoms with Crippen LogP contribution in [0.2, 0.25) is 0 Å². The predicted octanol–water partition coefficient (Wildman–Crippen LogP) is 2.08. The molecule has 0 aliphatic rings. The van der Waals surface area contributed by atoms with Crippen molar-refractivity contribution in [3.63, 3.8) is 0 Å². The second-order valence-electron chi connectivity index (χ2n) is 3.70. The van der Waals surface area contributed by atoms with Crippen LogP contribution < -0.4 is 0 Å². The van der Waals surface area contributed by atoms with Gasteiger partial charge in [-0.15, -0.1) is 0 Å². The molecular weight excluding hydrogens is 234 g/mol. The SMILES string of the molecule is C=C(C)C(=O)OC(CC)COC(=O)C(C)(F)F. The first-order chi connectivity index (χ1) is 7.68. The number of carbonyl (C=O) groups is 2. The number of alkyl halides is 2. The van der Waals surface area contributed by atoms with Crippen LogP contribution in [0.25, 0.3) is 0 Å². The molecule has 0 spiro atoms. The largest absolute Gasteiger partial charge is 0.457 e. The van der Waals surface area contributed by atoms with E-state index in [1.54, 1.807) is 6.92 Å². The van der Waals surface area contributed by atoms with E-state index in [1.807, 2.05) is 0 Å². The molecule has 0 rings (SSSR count). The summed E-state index contributed by atoms with van der Waals surface area (Å²) < 4.78 is 34.1. The molecule has 6 heteroatoms. The topological polar surface area (TPSA) is 52.6 Å². The molecule has 0 radical (unpaired) electrons. The maximum absolute atomic E-state index is 12.5. The summed E-state index contributed by atoms with van der Waals surface area (Å²) in [7, 11) is 0. The van der Waals surface area contributed by atoms with Gasteiger partial charge in [-0.3, -0.25) is 0 Å². The van der Waals surface area contributed by atoms with E-state index in [9.17, 15) is 18.4 Å². The molecule has 17 heavy (non-hydrogen) atoms. The molecular formula is C11H16F2O4. The zero-order chi connectivity index (χ0) is 13.6.